The molecule has 5 nitrogen and oxygen atoms in total. The molecule has 0 spiro atoms. The van der Waals surface area contributed by atoms with Crippen LogP contribution in [-0.2, 0) is 16.6 Å². The van der Waals surface area contributed by atoms with Crippen LogP contribution < -0.4 is 0 Å². The van der Waals surface area contributed by atoms with E-state index in [9.17, 15) is 8.42 Å². The zero-order chi connectivity index (χ0) is 16.4. The maximum absolute atomic E-state index is 12.9. The van der Waals surface area contributed by atoms with Crippen LogP contribution in [0.1, 0.15) is 11.1 Å². The first-order valence-corrected chi connectivity index (χ1v) is 8.64. The quantitative estimate of drug-likeness (QED) is 0.739. The van der Waals surface area contributed by atoms with Gasteiger partial charge in [0.1, 0.15) is 0 Å². The molecule has 0 aliphatic carbocycles. The Morgan fingerprint density at radius 3 is 2.52 bits per heavy atom. The number of nitrogens with zero attached hydrogens (tertiary/aromatic N) is 3. The topological polar surface area (TPSA) is 63.2 Å². The highest BCUT2D eigenvalue weighted by atomic mass is 32.2. The molecular formula is C17H17N3O2S. The van der Waals surface area contributed by atoms with Gasteiger partial charge in [0, 0.05) is 37.6 Å². The Balaban J connectivity index is 2.05. The minimum Gasteiger partial charge on any atom is -0.265 e. The number of aromatic nitrogens is 2. The van der Waals surface area contributed by atoms with Crippen LogP contribution in [0.3, 0.4) is 0 Å². The van der Waals surface area contributed by atoms with Crippen LogP contribution in [0.2, 0.25) is 0 Å². The Morgan fingerprint density at radius 2 is 1.78 bits per heavy atom. The first kappa shape index (κ1) is 15.6. The third-order valence-electron chi connectivity index (χ3n) is 3.77. The molecule has 2 aromatic heterocycles. The first-order valence-electron chi connectivity index (χ1n) is 7.20. The second-order valence-corrected chi connectivity index (χ2v) is 7.41. The van der Waals surface area contributed by atoms with Crippen LogP contribution in [0, 0.1) is 6.92 Å². The standard InChI is InChI=1S/C17H17N3O2S/c1-13-5-6-16(15-4-3-9-19-17(13)15)23(21,22)20(2)12-14-7-10-18-11-8-14/h3-11H,12H2,1-2H3. The van der Waals surface area contributed by atoms with Crippen LogP contribution in [0.5, 0.6) is 0 Å². The van der Waals surface area contributed by atoms with Gasteiger partial charge in [-0.2, -0.15) is 4.31 Å². The Morgan fingerprint density at radius 1 is 1.04 bits per heavy atom. The molecule has 1 aromatic carbocycles. The lowest BCUT2D eigenvalue weighted by atomic mass is 10.1. The van der Waals surface area contributed by atoms with Crippen molar-refractivity contribution < 1.29 is 8.42 Å². The number of sulfonamides is 1. The molecule has 118 valence electrons. The van der Waals surface area contributed by atoms with E-state index >= 15 is 0 Å². The summed E-state index contributed by atoms with van der Waals surface area (Å²) in [4.78, 5) is 8.53. The van der Waals surface area contributed by atoms with E-state index in [2.05, 4.69) is 9.97 Å². The molecule has 0 bridgehead atoms. The van der Waals surface area contributed by atoms with E-state index in [0.29, 0.717) is 17.4 Å². The zero-order valence-corrected chi connectivity index (χ0v) is 13.8. The molecule has 0 N–H and O–H groups in total. The van der Waals surface area contributed by atoms with E-state index in [-0.39, 0.29) is 4.90 Å². The number of pyridine rings is 2. The summed E-state index contributed by atoms with van der Waals surface area (Å²) in [5.74, 6) is 0. The van der Waals surface area contributed by atoms with Gasteiger partial charge in [-0.15, -0.1) is 0 Å². The molecule has 0 radical (unpaired) electrons. The molecule has 2 heterocycles. The van der Waals surface area contributed by atoms with Crippen molar-refractivity contribution in [3.63, 3.8) is 0 Å². The molecule has 0 saturated carbocycles. The van der Waals surface area contributed by atoms with Crippen molar-refractivity contribution in [1.29, 1.82) is 0 Å². The van der Waals surface area contributed by atoms with Gasteiger partial charge < -0.3 is 0 Å². The molecule has 0 fully saturated rings. The summed E-state index contributed by atoms with van der Waals surface area (Å²) in [6, 6.07) is 10.6. The van der Waals surface area contributed by atoms with Crippen molar-refractivity contribution in [1.82, 2.24) is 14.3 Å². The first-order chi connectivity index (χ1) is 11.0. The van der Waals surface area contributed by atoms with Crippen molar-refractivity contribution in [3.8, 4) is 0 Å². The van der Waals surface area contributed by atoms with E-state index in [0.717, 1.165) is 11.1 Å². The predicted molar refractivity (Wildman–Crippen MR) is 89.4 cm³/mol. The third-order valence-corrected chi connectivity index (χ3v) is 5.64. The molecule has 3 aromatic rings. The van der Waals surface area contributed by atoms with Gasteiger partial charge in [0.2, 0.25) is 10.0 Å². The van der Waals surface area contributed by atoms with Gasteiger partial charge in [0.15, 0.2) is 0 Å². The fraction of sp³-hybridized carbons (Fsp3) is 0.176. The van der Waals surface area contributed by atoms with Gasteiger partial charge in [0.05, 0.1) is 10.4 Å². The SMILES string of the molecule is Cc1ccc(S(=O)(=O)N(C)Cc2ccncc2)c2cccnc12. The third kappa shape index (κ3) is 2.95. The minimum absolute atomic E-state index is 0.280. The monoisotopic (exact) mass is 327 g/mol. The summed E-state index contributed by atoms with van der Waals surface area (Å²) in [5, 5.41) is 0.647. The number of rotatable bonds is 4. The van der Waals surface area contributed by atoms with Crippen LogP contribution in [0.15, 0.2) is 59.9 Å². The second kappa shape index (κ2) is 6.06. The van der Waals surface area contributed by atoms with Gasteiger partial charge in [-0.25, -0.2) is 8.42 Å². The molecule has 23 heavy (non-hydrogen) atoms. The van der Waals surface area contributed by atoms with Gasteiger partial charge in [-0.05, 0) is 48.4 Å². The summed E-state index contributed by atoms with van der Waals surface area (Å²) in [6.07, 6.45) is 4.98. The molecule has 0 amide bonds. The molecule has 0 aliphatic rings. The number of hydrogen-bond donors (Lipinski definition) is 0. The molecule has 0 aliphatic heterocycles. The van der Waals surface area contributed by atoms with Crippen molar-refractivity contribution in [3.05, 3.63) is 66.1 Å². The van der Waals surface area contributed by atoms with Crippen molar-refractivity contribution in [2.45, 2.75) is 18.4 Å². The predicted octanol–water partition coefficient (Wildman–Crippen LogP) is 2.76. The summed E-state index contributed by atoms with van der Waals surface area (Å²) in [6.45, 7) is 2.22. The van der Waals surface area contributed by atoms with E-state index in [1.165, 1.54) is 4.31 Å². The Kier molecular flexibility index (Phi) is 4.11. The van der Waals surface area contributed by atoms with Crippen molar-refractivity contribution in [2.24, 2.45) is 0 Å². The lowest BCUT2D eigenvalue weighted by Gasteiger charge is -2.18. The average molecular weight is 327 g/mol. The number of aryl methyl sites for hydroxylation is 1. The molecule has 0 atom stereocenters. The molecule has 0 unspecified atom stereocenters. The van der Waals surface area contributed by atoms with E-state index in [4.69, 9.17) is 0 Å². The van der Waals surface area contributed by atoms with Gasteiger partial charge in [-0.1, -0.05) is 6.07 Å². The van der Waals surface area contributed by atoms with Crippen LogP contribution >= 0.6 is 0 Å². The Labute approximate surface area is 135 Å². The fourth-order valence-corrected chi connectivity index (χ4v) is 3.85. The summed E-state index contributed by atoms with van der Waals surface area (Å²) in [7, 11) is -2.03. The lowest BCUT2D eigenvalue weighted by molar-refractivity contribution is 0.467. The fourth-order valence-electron chi connectivity index (χ4n) is 2.51. The molecule has 3 rings (SSSR count). The largest absolute Gasteiger partial charge is 0.265 e. The lowest BCUT2D eigenvalue weighted by Crippen LogP contribution is -2.26. The average Bonchev–Trinajstić information content (AvgIpc) is 2.56. The molecular weight excluding hydrogens is 310 g/mol. The molecule has 0 saturated heterocycles. The van der Waals surface area contributed by atoms with Crippen molar-refractivity contribution in [2.75, 3.05) is 7.05 Å². The second-order valence-electron chi connectivity index (χ2n) is 5.40. The normalized spacial score (nSPS) is 12.0. The number of benzene rings is 1. The van der Waals surface area contributed by atoms with Crippen LogP contribution in [0.25, 0.3) is 10.9 Å². The Hall–Kier alpha value is -2.31. The van der Waals surface area contributed by atoms with Gasteiger partial charge >= 0.3 is 0 Å². The minimum atomic E-state index is -3.61. The summed E-state index contributed by atoms with van der Waals surface area (Å²) < 4.78 is 27.2. The summed E-state index contributed by atoms with van der Waals surface area (Å²) >= 11 is 0. The summed E-state index contributed by atoms with van der Waals surface area (Å²) in [5.41, 5.74) is 2.56. The Bertz CT molecular complexity index is 940. The van der Waals surface area contributed by atoms with Gasteiger partial charge in [-0.3, -0.25) is 9.97 Å². The van der Waals surface area contributed by atoms with Gasteiger partial charge in [0.25, 0.3) is 0 Å². The van der Waals surface area contributed by atoms with E-state index in [1.54, 1.807) is 62.0 Å². The van der Waals surface area contributed by atoms with Crippen molar-refractivity contribution >= 4 is 20.9 Å². The highest BCUT2D eigenvalue weighted by Gasteiger charge is 2.23. The maximum atomic E-state index is 12.9. The van der Waals surface area contributed by atoms with E-state index in [1.807, 2.05) is 6.92 Å². The number of hydrogen-bond acceptors (Lipinski definition) is 4. The molecule has 6 heteroatoms. The van der Waals surface area contributed by atoms with Crippen LogP contribution in [0.4, 0.5) is 0 Å². The number of fused-ring (bicyclic) bond motifs is 1. The smallest absolute Gasteiger partial charge is 0.243 e. The highest BCUT2D eigenvalue weighted by molar-refractivity contribution is 7.89. The highest BCUT2D eigenvalue weighted by Crippen LogP contribution is 2.26. The maximum Gasteiger partial charge on any atom is 0.243 e. The van der Waals surface area contributed by atoms with E-state index < -0.39 is 10.0 Å². The zero-order valence-electron chi connectivity index (χ0n) is 13.0. The van der Waals surface area contributed by atoms with Crippen LogP contribution in [-0.4, -0.2) is 29.7 Å².